The number of anilines is 1. The fourth-order valence-electron chi connectivity index (χ4n) is 4.00. The standard InChI is InChI=1S/C24H24FN5O2S/c25-16-7-9-17(10-8-16)27-22(31)11-13-33-24-29-28-23(30(24)15-18-4-3-12-32-18)20-14-26-21-6-2-1-5-19(20)21/h1-2,5-10,14,18,26H,3-4,11-13,15H2,(H,27,31). The number of hydrogen-bond donors (Lipinski definition) is 2. The SMILES string of the molecule is O=C(CCSc1nnc(-c2c[nH]c3ccccc23)n1CC1CCCO1)Nc1ccc(F)cc1. The Kier molecular flexibility index (Phi) is 6.41. The van der Waals surface area contributed by atoms with E-state index >= 15 is 0 Å². The largest absolute Gasteiger partial charge is 0.376 e. The van der Waals surface area contributed by atoms with E-state index < -0.39 is 0 Å². The van der Waals surface area contributed by atoms with Crippen LogP contribution in [0.4, 0.5) is 10.1 Å². The normalized spacial score (nSPS) is 15.8. The Morgan fingerprint density at radius 1 is 1.21 bits per heavy atom. The number of carbonyl (C=O) groups excluding carboxylic acids is 1. The number of amides is 1. The van der Waals surface area contributed by atoms with Gasteiger partial charge in [-0.25, -0.2) is 4.39 Å². The summed E-state index contributed by atoms with van der Waals surface area (Å²) in [5, 5.41) is 13.6. The Morgan fingerprint density at radius 3 is 2.88 bits per heavy atom. The predicted octanol–water partition coefficient (Wildman–Crippen LogP) is 4.87. The number of fused-ring (bicyclic) bond motifs is 1. The number of aromatic nitrogens is 4. The molecule has 2 N–H and O–H groups in total. The first kappa shape index (κ1) is 21.7. The minimum atomic E-state index is -0.333. The van der Waals surface area contributed by atoms with Crippen LogP contribution in [-0.4, -0.2) is 44.1 Å². The highest BCUT2D eigenvalue weighted by Gasteiger charge is 2.23. The van der Waals surface area contributed by atoms with Gasteiger partial charge in [0.15, 0.2) is 11.0 Å². The molecule has 1 fully saturated rings. The van der Waals surface area contributed by atoms with Crippen molar-refractivity contribution in [1.29, 1.82) is 0 Å². The predicted molar refractivity (Wildman–Crippen MR) is 127 cm³/mol. The second-order valence-electron chi connectivity index (χ2n) is 7.95. The van der Waals surface area contributed by atoms with Crippen LogP contribution in [0.2, 0.25) is 0 Å². The van der Waals surface area contributed by atoms with Gasteiger partial charge >= 0.3 is 0 Å². The van der Waals surface area contributed by atoms with E-state index in [1.165, 1.54) is 23.9 Å². The van der Waals surface area contributed by atoms with Gasteiger partial charge < -0.3 is 15.0 Å². The van der Waals surface area contributed by atoms with E-state index in [0.29, 0.717) is 24.4 Å². The fraction of sp³-hybridized carbons (Fsp3) is 0.292. The molecule has 170 valence electrons. The average Bonchev–Trinajstić information content (AvgIpc) is 3.56. The molecule has 2 aromatic carbocycles. The molecule has 0 radical (unpaired) electrons. The zero-order valence-corrected chi connectivity index (χ0v) is 18.8. The van der Waals surface area contributed by atoms with E-state index in [4.69, 9.17) is 4.74 Å². The summed E-state index contributed by atoms with van der Waals surface area (Å²) in [6.07, 6.45) is 4.46. The van der Waals surface area contributed by atoms with E-state index in [2.05, 4.69) is 31.1 Å². The highest BCUT2D eigenvalue weighted by Crippen LogP contribution is 2.31. The van der Waals surface area contributed by atoms with Gasteiger partial charge in [0.25, 0.3) is 0 Å². The zero-order valence-electron chi connectivity index (χ0n) is 18.0. The minimum absolute atomic E-state index is 0.129. The van der Waals surface area contributed by atoms with Gasteiger partial charge in [0.05, 0.1) is 12.6 Å². The van der Waals surface area contributed by atoms with Crippen LogP contribution in [0.25, 0.3) is 22.3 Å². The molecule has 1 atom stereocenters. The van der Waals surface area contributed by atoms with Crippen LogP contribution in [0.3, 0.4) is 0 Å². The number of benzene rings is 2. The van der Waals surface area contributed by atoms with Crippen molar-refractivity contribution in [3.63, 3.8) is 0 Å². The number of nitrogens with zero attached hydrogens (tertiary/aromatic N) is 3. The fourth-order valence-corrected chi connectivity index (χ4v) is 4.88. The van der Waals surface area contributed by atoms with Crippen LogP contribution in [0.15, 0.2) is 59.9 Å². The molecule has 1 aliphatic heterocycles. The Bertz CT molecular complexity index is 1250. The first-order valence-corrected chi connectivity index (χ1v) is 12.0. The molecule has 5 rings (SSSR count). The lowest BCUT2D eigenvalue weighted by molar-refractivity contribution is -0.115. The molecule has 1 aliphatic rings. The molecule has 1 unspecified atom stereocenters. The lowest BCUT2D eigenvalue weighted by Gasteiger charge is -2.14. The van der Waals surface area contributed by atoms with Crippen molar-refractivity contribution in [1.82, 2.24) is 19.7 Å². The molecule has 1 amide bonds. The van der Waals surface area contributed by atoms with Gasteiger partial charge in [-0.3, -0.25) is 9.36 Å². The first-order chi connectivity index (χ1) is 16.2. The highest BCUT2D eigenvalue weighted by molar-refractivity contribution is 7.99. The van der Waals surface area contributed by atoms with Crippen LogP contribution in [-0.2, 0) is 16.1 Å². The molecule has 0 saturated carbocycles. The van der Waals surface area contributed by atoms with E-state index in [0.717, 1.165) is 46.9 Å². The summed E-state index contributed by atoms with van der Waals surface area (Å²) in [6.45, 7) is 1.45. The molecule has 4 aromatic rings. The third-order valence-electron chi connectivity index (χ3n) is 5.65. The van der Waals surface area contributed by atoms with Crippen LogP contribution >= 0.6 is 11.8 Å². The monoisotopic (exact) mass is 465 g/mol. The van der Waals surface area contributed by atoms with Gasteiger partial charge in [0.1, 0.15) is 5.82 Å². The van der Waals surface area contributed by atoms with E-state index in [1.807, 2.05) is 24.4 Å². The first-order valence-electron chi connectivity index (χ1n) is 11.0. The van der Waals surface area contributed by atoms with Crippen molar-refractivity contribution in [2.75, 3.05) is 17.7 Å². The van der Waals surface area contributed by atoms with Crippen LogP contribution in [0.1, 0.15) is 19.3 Å². The van der Waals surface area contributed by atoms with E-state index in [9.17, 15) is 9.18 Å². The molecule has 1 saturated heterocycles. The molecule has 0 aliphatic carbocycles. The maximum absolute atomic E-state index is 13.0. The summed E-state index contributed by atoms with van der Waals surface area (Å²) < 4.78 is 21.0. The van der Waals surface area contributed by atoms with Crippen molar-refractivity contribution in [2.24, 2.45) is 0 Å². The Balaban J connectivity index is 1.31. The molecule has 3 heterocycles. The molecule has 9 heteroatoms. The summed E-state index contributed by atoms with van der Waals surface area (Å²) in [6, 6.07) is 13.9. The third-order valence-corrected chi connectivity index (χ3v) is 6.61. The number of halogens is 1. The van der Waals surface area contributed by atoms with Gasteiger partial charge in [0, 0.05) is 47.1 Å². The number of H-pyrrole nitrogens is 1. The summed E-state index contributed by atoms with van der Waals surface area (Å²) in [5.74, 6) is 0.877. The smallest absolute Gasteiger partial charge is 0.225 e. The number of hydrogen-bond acceptors (Lipinski definition) is 5. The molecular weight excluding hydrogens is 441 g/mol. The summed E-state index contributed by atoms with van der Waals surface area (Å²) in [7, 11) is 0. The summed E-state index contributed by atoms with van der Waals surface area (Å²) >= 11 is 1.50. The molecule has 0 bridgehead atoms. The zero-order chi connectivity index (χ0) is 22.6. The molecule has 33 heavy (non-hydrogen) atoms. The maximum atomic E-state index is 13.0. The maximum Gasteiger partial charge on any atom is 0.225 e. The quantitative estimate of drug-likeness (QED) is 0.363. The van der Waals surface area contributed by atoms with Crippen LogP contribution < -0.4 is 5.32 Å². The van der Waals surface area contributed by atoms with Crippen molar-refractivity contribution < 1.29 is 13.9 Å². The molecular formula is C24H24FN5O2S. The number of rotatable bonds is 8. The van der Waals surface area contributed by atoms with E-state index in [-0.39, 0.29) is 17.8 Å². The van der Waals surface area contributed by atoms with E-state index in [1.54, 1.807) is 12.1 Å². The summed E-state index contributed by atoms with van der Waals surface area (Å²) in [4.78, 5) is 15.6. The number of carbonyl (C=O) groups is 1. The van der Waals surface area contributed by atoms with Crippen molar-refractivity contribution in [3.8, 4) is 11.4 Å². The van der Waals surface area contributed by atoms with Crippen molar-refractivity contribution in [3.05, 3.63) is 60.5 Å². The Hall–Kier alpha value is -3.17. The van der Waals surface area contributed by atoms with Gasteiger partial charge in [0.2, 0.25) is 5.91 Å². The third kappa shape index (κ3) is 4.94. The number of nitrogens with one attached hydrogen (secondary N) is 2. The Morgan fingerprint density at radius 2 is 2.06 bits per heavy atom. The molecule has 0 spiro atoms. The summed E-state index contributed by atoms with van der Waals surface area (Å²) in [5.41, 5.74) is 2.62. The number of para-hydroxylation sites is 1. The lowest BCUT2D eigenvalue weighted by atomic mass is 10.1. The molecule has 2 aromatic heterocycles. The Labute approximate surface area is 194 Å². The highest BCUT2D eigenvalue weighted by atomic mass is 32.2. The van der Waals surface area contributed by atoms with Gasteiger partial charge in [-0.15, -0.1) is 10.2 Å². The minimum Gasteiger partial charge on any atom is -0.376 e. The second-order valence-corrected chi connectivity index (χ2v) is 9.02. The number of thioether (sulfide) groups is 1. The number of ether oxygens (including phenoxy) is 1. The van der Waals surface area contributed by atoms with Gasteiger partial charge in [-0.05, 0) is 43.2 Å². The van der Waals surface area contributed by atoms with Gasteiger partial charge in [-0.1, -0.05) is 30.0 Å². The van der Waals surface area contributed by atoms with Crippen LogP contribution in [0, 0.1) is 5.82 Å². The van der Waals surface area contributed by atoms with Crippen LogP contribution in [0.5, 0.6) is 0 Å². The van der Waals surface area contributed by atoms with Crippen molar-refractivity contribution >= 4 is 34.3 Å². The topological polar surface area (TPSA) is 84.8 Å². The number of aromatic amines is 1. The van der Waals surface area contributed by atoms with Gasteiger partial charge in [-0.2, -0.15) is 0 Å². The average molecular weight is 466 g/mol. The lowest BCUT2D eigenvalue weighted by Crippen LogP contribution is -2.17. The molecule has 7 nitrogen and oxygen atoms in total. The van der Waals surface area contributed by atoms with Crippen molar-refractivity contribution in [2.45, 2.75) is 37.1 Å². The second kappa shape index (κ2) is 9.76.